The number of thioether (sulfide) groups is 2. The number of nitrogens with one attached hydrogen (secondary N) is 1. The quantitative estimate of drug-likeness (QED) is 0.523. The number of benzene rings is 1. The molecule has 0 aromatic heterocycles. The molecule has 2 rings (SSSR count). The van der Waals surface area contributed by atoms with Crippen molar-refractivity contribution in [1.82, 2.24) is 5.32 Å². The van der Waals surface area contributed by atoms with Crippen LogP contribution in [0.1, 0.15) is 12.5 Å². The molecule has 18 heavy (non-hydrogen) atoms. The van der Waals surface area contributed by atoms with Crippen molar-refractivity contribution in [3.8, 4) is 0 Å². The molecule has 0 aliphatic carbocycles. The fraction of sp³-hybridized carbons (Fsp3) is 0.250. The Hall–Kier alpha value is -1.27. The smallest absolute Gasteiger partial charge is 0.236 e. The Morgan fingerprint density at radius 3 is 2.83 bits per heavy atom. The lowest BCUT2D eigenvalue weighted by atomic mass is 10.2. The number of hydrogen-bond acceptors (Lipinski definition) is 5. The lowest BCUT2D eigenvalue weighted by Crippen LogP contribution is -2.19. The molecular formula is C12H13N3OS2. The highest BCUT2D eigenvalue weighted by Crippen LogP contribution is 2.17. The molecule has 1 fully saturated rings. The molecule has 0 atom stereocenters. The minimum Gasteiger partial charge on any atom is -0.303 e. The van der Waals surface area contributed by atoms with E-state index < -0.39 is 0 Å². The highest BCUT2D eigenvalue weighted by atomic mass is 32.2. The lowest BCUT2D eigenvalue weighted by Gasteiger charge is -1.97. The van der Waals surface area contributed by atoms with Gasteiger partial charge in [0.1, 0.15) is 0 Å². The zero-order valence-electron chi connectivity index (χ0n) is 9.92. The van der Waals surface area contributed by atoms with Gasteiger partial charge >= 0.3 is 0 Å². The van der Waals surface area contributed by atoms with E-state index >= 15 is 0 Å². The van der Waals surface area contributed by atoms with Crippen LogP contribution in [0.25, 0.3) is 0 Å². The van der Waals surface area contributed by atoms with Crippen molar-refractivity contribution in [2.24, 2.45) is 10.2 Å². The predicted molar refractivity (Wildman–Crippen MR) is 78.5 cm³/mol. The first-order valence-corrected chi connectivity index (χ1v) is 7.51. The van der Waals surface area contributed by atoms with Gasteiger partial charge in [0.25, 0.3) is 0 Å². The molecule has 1 aliphatic heterocycles. The summed E-state index contributed by atoms with van der Waals surface area (Å²) in [7, 11) is 0. The molecule has 1 heterocycles. The van der Waals surface area contributed by atoms with Gasteiger partial charge in [0, 0.05) is 4.90 Å². The average Bonchev–Trinajstić information content (AvgIpc) is 2.78. The third-order valence-corrected chi connectivity index (χ3v) is 3.89. The third-order valence-electron chi connectivity index (χ3n) is 2.13. The number of rotatable bonds is 4. The van der Waals surface area contributed by atoms with Crippen LogP contribution >= 0.6 is 23.5 Å². The van der Waals surface area contributed by atoms with Crippen LogP contribution in [0.5, 0.6) is 0 Å². The molecule has 1 amide bonds. The summed E-state index contributed by atoms with van der Waals surface area (Å²) in [5, 5.41) is 11.1. The van der Waals surface area contributed by atoms with Crippen LogP contribution in [0.3, 0.4) is 0 Å². The van der Waals surface area contributed by atoms with Crippen LogP contribution < -0.4 is 5.32 Å². The molecule has 94 valence electrons. The first kappa shape index (κ1) is 13.2. The first-order chi connectivity index (χ1) is 8.78. The Kier molecular flexibility index (Phi) is 4.83. The van der Waals surface area contributed by atoms with Crippen molar-refractivity contribution in [2.45, 2.75) is 11.8 Å². The Morgan fingerprint density at radius 2 is 2.22 bits per heavy atom. The van der Waals surface area contributed by atoms with E-state index in [-0.39, 0.29) is 5.91 Å². The molecular weight excluding hydrogens is 266 g/mol. The van der Waals surface area contributed by atoms with Gasteiger partial charge < -0.3 is 5.32 Å². The van der Waals surface area contributed by atoms with Gasteiger partial charge in [0.2, 0.25) is 5.91 Å². The molecule has 0 spiro atoms. The molecule has 1 N–H and O–H groups in total. The summed E-state index contributed by atoms with van der Waals surface area (Å²) in [5.74, 6) is 1.48. The van der Waals surface area contributed by atoms with Crippen LogP contribution in [0.2, 0.25) is 0 Å². The summed E-state index contributed by atoms with van der Waals surface area (Å²) < 4.78 is 0. The minimum absolute atomic E-state index is 0.0186. The molecule has 6 heteroatoms. The van der Waals surface area contributed by atoms with Crippen LogP contribution in [-0.4, -0.2) is 28.8 Å². The summed E-state index contributed by atoms with van der Waals surface area (Å²) in [4.78, 5) is 12.2. The molecule has 0 saturated carbocycles. The zero-order chi connectivity index (χ0) is 12.8. The summed E-state index contributed by atoms with van der Waals surface area (Å²) in [6.07, 6.45) is 1.68. The van der Waals surface area contributed by atoms with Gasteiger partial charge in [-0.25, -0.2) is 0 Å². The predicted octanol–water partition coefficient (Wildman–Crippen LogP) is 2.35. The summed E-state index contributed by atoms with van der Waals surface area (Å²) in [6, 6.07) is 8.13. The van der Waals surface area contributed by atoms with Gasteiger partial charge in [-0.3, -0.25) is 4.79 Å². The van der Waals surface area contributed by atoms with Crippen LogP contribution in [0, 0.1) is 0 Å². The van der Waals surface area contributed by atoms with E-state index in [0.29, 0.717) is 10.9 Å². The molecule has 1 aliphatic rings. The van der Waals surface area contributed by atoms with Gasteiger partial charge in [0.15, 0.2) is 5.17 Å². The van der Waals surface area contributed by atoms with Crippen molar-refractivity contribution >= 4 is 40.8 Å². The number of amides is 1. The summed E-state index contributed by atoms with van der Waals surface area (Å²) in [5.41, 5.74) is 0.995. The van der Waals surface area contributed by atoms with E-state index in [9.17, 15) is 4.79 Å². The molecule has 1 aromatic carbocycles. The zero-order valence-corrected chi connectivity index (χ0v) is 11.6. The molecule has 1 aromatic rings. The fourth-order valence-corrected chi connectivity index (χ4v) is 2.64. The van der Waals surface area contributed by atoms with Gasteiger partial charge in [0.05, 0.1) is 12.0 Å². The standard InChI is InChI=1S/C12H13N3OS2/c1-2-17-10-5-3-9(4-6-10)7-13-15-12-14-11(16)8-18-12/h3-7H,2,8H2,1H3,(H,14,15,16). The van der Waals surface area contributed by atoms with Crippen LogP contribution in [0.15, 0.2) is 39.4 Å². The first-order valence-electron chi connectivity index (χ1n) is 5.54. The maximum absolute atomic E-state index is 10.9. The third kappa shape index (κ3) is 3.89. The van der Waals surface area contributed by atoms with Gasteiger partial charge in [-0.1, -0.05) is 30.8 Å². The highest BCUT2D eigenvalue weighted by molar-refractivity contribution is 8.15. The van der Waals surface area contributed by atoms with Gasteiger partial charge in [-0.05, 0) is 23.4 Å². The van der Waals surface area contributed by atoms with Gasteiger partial charge in [-0.15, -0.1) is 16.9 Å². The molecule has 0 unspecified atom stereocenters. The molecule has 0 bridgehead atoms. The lowest BCUT2D eigenvalue weighted by molar-refractivity contribution is -0.116. The second-order valence-electron chi connectivity index (χ2n) is 3.49. The van der Waals surface area contributed by atoms with Crippen molar-refractivity contribution < 1.29 is 4.79 Å². The van der Waals surface area contributed by atoms with Crippen molar-refractivity contribution in [3.63, 3.8) is 0 Å². The monoisotopic (exact) mass is 279 g/mol. The Labute approximate surface area is 114 Å². The van der Waals surface area contributed by atoms with Crippen molar-refractivity contribution in [3.05, 3.63) is 29.8 Å². The van der Waals surface area contributed by atoms with E-state index in [0.717, 1.165) is 11.3 Å². The van der Waals surface area contributed by atoms with Crippen molar-refractivity contribution in [1.29, 1.82) is 0 Å². The summed E-state index contributed by atoms with van der Waals surface area (Å²) >= 11 is 3.17. The fourth-order valence-electron chi connectivity index (χ4n) is 1.34. The normalized spacial score (nSPS) is 17.6. The van der Waals surface area contributed by atoms with Crippen molar-refractivity contribution in [2.75, 3.05) is 11.5 Å². The van der Waals surface area contributed by atoms with E-state index in [1.54, 1.807) is 18.0 Å². The Balaban J connectivity index is 1.94. The van der Waals surface area contributed by atoms with Gasteiger partial charge in [-0.2, -0.15) is 5.10 Å². The Morgan fingerprint density at radius 1 is 1.44 bits per heavy atom. The number of carbonyl (C=O) groups excluding carboxylic acids is 1. The number of hydrogen-bond donors (Lipinski definition) is 1. The number of amidine groups is 1. The highest BCUT2D eigenvalue weighted by Gasteiger charge is 2.15. The molecule has 4 nitrogen and oxygen atoms in total. The van der Waals surface area contributed by atoms with E-state index in [1.165, 1.54) is 16.7 Å². The number of nitrogens with zero attached hydrogens (tertiary/aromatic N) is 2. The van der Waals surface area contributed by atoms with E-state index in [2.05, 4.69) is 34.6 Å². The second kappa shape index (κ2) is 6.61. The van der Waals surface area contributed by atoms with Crippen LogP contribution in [-0.2, 0) is 4.79 Å². The minimum atomic E-state index is -0.0186. The summed E-state index contributed by atoms with van der Waals surface area (Å²) in [6.45, 7) is 2.13. The van der Waals surface area contributed by atoms with E-state index in [1.807, 2.05) is 12.1 Å². The largest absolute Gasteiger partial charge is 0.303 e. The van der Waals surface area contributed by atoms with Crippen LogP contribution in [0.4, 0.5) is 0 Å². The van der Waals surface area contributed by atoms with E-state index in [4.69, 9.17) is 0 Å². The SMILES string of the molecule is CCSc1ccc(C=NN=C2NC(=O)CS2)cc1. The Bertz CT molecular complexity index is 483. The topological polar surface area (TPSA) is 53.8 Å². The maximum Gasteiger partial charge on any atom is 0.236 e. The average molecular weight is 279 g/mol. The number of carbonyl (C=O) groups is 1. The maximum atomic E-state index is 10.9. The molecule has 0 radical (unpaired) electrons. The second-order valence-corrected chi connectivity index (χ2v) is 5.79. The molecule has 1 saturated heterocycles.